The van der Waals surface area contributed by atoms with E-state index in [1.54, 1.807) is 56.5 Å². The number of carbonyl (C=O) groups excluding carboxylic acids is 1. The van der Waals surface area contributed by atoms with Crippen molar-refractivity contribution in [1.82, 2.24) is 10.3 Å². The molecule has 0 fully saturated rings. The molecular weight excluding hydrogens is 541 g/mol. The molecule has 0 saturated carbocycles. The Morgan fingerprint density at radius 3 is 2.54 bits per heavy atom. The number of rotatable bonds is 7. The van der Waals surface area contributed by atoms with Gasteiger partial charge < -0.3 is 24.3 Å². The number of methoxy groups -OCH3 is 1. The fourth-order valence-corrected chi connectivity index (χ4v) is 3.81. The van der Waals surface area contributed by atoms with Crippen LogP contribution in [-0.4, -0.2) is 35.1 Å². The number of fused-ring (bicyclic) bond motifs is 1. The summed E-state index contributed by atoms with van der Waals surface area (Å²) in [6.45, 7) is 2.01. The lowest BCUT2D eigenvalue weighted by Crippen LogP contribution is -2.34. The van der Waals surface area contributed by atoms with E-state index in [9.17, 15) is 10.1 Å². The normalized spacial score (nSPS) is 12.3. The lowest BCUT2D eigenvalue weighted by molar-refractivity contribution is -0.120. The van der Waals surface area contributed by atoms with Crippen molar-refractivity contribution in [3.8, 4) is 46.1 Å². The lowest BCUT2D eigenvalue weighted by atomic mass is 9.94. The molecule has 0 saturated heterocycles. The van der Waals surface area contributed by atoms with Gasteiger partial charge in [0.25, 0.3) is 9.70 Å². The average molecular weight is 561 g/mol. The van der Waals surface area contributed by atoms with Crippen molar-refractivity contribution in [3.05, 3.63) is 65.4 Å². The third-order valence-electron chi connectivity index (χ3n) is 5.36. The quantitative estimate of drug-likeness (QED) is 0.356. The van der Waals surface area contributed by atoms with E-state index in [2.05, 4.69) is 16.4 Å². The summed E-state index contributed by atoms with van der Waals surface area (Å²) < 4.78 is 20.0. The van der Waals surface area contributed by atoms with E-state index in [4.69, 9.17) is 53.8 Å². The van der Waals surface area contributed by atoms with Crippen LogP contribution in [0.3, 0.4) is 0 Å². The fourth-order valence-electron chi connectivity index (χ4n) is 3.61. The molecule has 1 aliphatic rings. The number of nitrogens with one attached hydrogen (secondary N) is 1. The van der Waals surface area contributed by atoms with Gasteiger partial charge in [0.1, 0.15) is 23.1 Å². The average Bonchev–Trinajstić information content (AvgIpc) is 3.34. The van der Waals surface area contributed by atoms with Crippen molar-refractivity contribution in [3.63, 3.8) is 0 Å². The Balaban J connectivity index is 1.75. The number of nitrogens with zero attached hydrogens (tertiary/aromatic N) is 2. The molecule has 0 unspecified atom stereocenters. The number of benzene rings is 2. The van der Waals surface area contributed by atoms with Crippen LogP contribution in [0.25, 0.3) is 17.2 Å². The van der Waals surface area contributed by atoms with Crippen LogP contribution in [0.4, 0.5) is 0 Å². The van der Waals surface area contributed by atoms with Gasteiger partial charge in [-0.1, -0.05) is 59.1 Å². The molecule has 1 aromatic heterocycles. The highest BCUT2D eigenvalue weighted by atomic mass is 35.6. The first-order valence-electron chi connectivity index (χ1n) is 10.9. The van der Waals surface area contributed by atoms with Crippen molar-refractivity contribution >= 4 is 46.8 Å². The van der Waals surface area contributed by atoms with E-state index in [1.165, 1.54) is 0 Å². The summed E-state index contributed by atoms with van der Waals surface area (Å²) in [4.78, 5) is 16.4. The molecule has 2 aromatic carbocycles. The van der Waals surface area contributed by atoms with Crippen LogP contribution in [0.15, 0.2) is 48.5 Å². The second-order valence-corrected chi connectivity index (χ2v) is 10.0. The third-order valence-corrected chi connectivity index (χ3v) is 5.88. The Hall–Kier alpha value is -3.64. The van der Waals surface area contributed by atoms with Gasteiger partial charge in [-0.2, -0.15) is 5.26 Å². The van der Waals surface area contributed by atoms with Gasteiger partial charge in [0, 0.05) is 29.4 Å². The molecule has 11 heteroatoms. The standard InChI is InChI=1S/C26H20Cl3N3O5/c1-15-19(4-3-11-31-25(33)26(27,28)29)23(16-5-7-17(34-2)8-6-16)20(13-30)24(32-15)37-18-9-10-21-22(12-18)36-14-35-21/h3-10,12H,11,14H2,1-2H3,(H,31,33)/b4-3+. The van der Waals surface area contributed by atoms with E-state index < -0.39 is 9.70 Å². The summed E-state index contributed by atoms with van der Waals surface area (Å²) in [6, 6.07) is 14.6. The number of nitriles is 1. The highest BCUT2D eigenvalue weighted by Crippen LogP contribution is 2.40. The SMILES string of the molecule is COc1ccc(-c2c(C#N)c(Oc3ccc4c(c3)OCO4)nc(C)c2/C=C/CNC(=O)C(Cl)(Cl)Cl)cc1. The first kappa shape index (κ1) is 26.4. The summed E-state index contributed by atoms with van der Waals surface area (Å²) in [7, 11) is 1.57. The molecule has 1 N–H and O–H groups in total. The number of aromatic nitrogens is 1. The highest BCUT2D eigenvalue weighted by Gasteiger charge is 2.29. The number of alkyl halides is 3. The Bertz CT molecular complexity index is 1400. The van der Waals surface area contributed by atoms with Crippen LogP contribution in [0.2, 0.25) is 0 Å². The maximum atomic E-state index is 11.8. The zero-order chi connectivity index (χ0) is 26.6. The number of aryl methyl sites for hydroxylation is 1. The van der Waals surface area contributed by atoms with Crippen LogP contribution in [0.1, 0.15) is 16.8 Å². The molecule has 190 valence electrons. The second-order valence-electron chi connectivity index (χ2n) is 7.73. The highest BCUT2D eigenvalue weighted by molar-refractivity contribution is 6.76. The van der Waals surface area contributed by atoms with E-state index in [0.717, 1.165) is 5.56 Å². The molecule has 8 nitrogen and oxygen atoms in total. The maximum absolute atomic E-state index is 11.8. The van der Waals surface area contributed by atoms with Crippen molar-refractivity contribution in [2.75, 3.05) is 20.4 Å². The number of halogens is 3. The van der Waals surface area contributed by atoms with E-state index in [0.29, 0.717) is 39.8 Å². The Morgan fingerprint density at radius 1 is 1.16 bits per heavy atom. The first-order valence-corrected chi connectivity index (χ1v) is 12.0. The molecule has 0 bridgehead atoms. The predicted molar refractivity (Wildman–Crippen MR) is 141 cm³/mol. The molecular formula is C26H20Cl3N3O5. The number of hydrogen-bond donors (Lipinski definition) is 1. The van der Waals surface area contributed by atoms with E-state index in [1.807, 2.05) is 12.1 Å². The zero-order valence-electron chi connectivity index (χ0n) is 19.7. The van der Waals surface area contributed by atoms with Gasteiger partial charge in [-0.15, -0.1) is 0 Å². The summed E-state index contributed by atoms with van der Waals surface area (Å²) >= 11 is 16.8. The minimum absolute atomic E-state index is 0.0889. The molecule has 2 heterocycles. The van der Waals surface area contributed by atoms with Gasteiger partial charge in [0.2, 0.25) is 12.7 Å². The summed E-state index contributed by atoms with van der Waals surface area (Å²) in [5.41, 5.74) is 2.80. The smallest absolute Gasteiger partial charge is 0.272 e. The number of carbonyl (C=O) groups is 1. The zero-order valence-corrected chi connectivity index (χ0v) is 21.9. The molecule has 0 radical (unpaired) electrons. The van der Waals surface area contributed by atoms with Crippen molar-refractivity contribution in [1.29, 1.82) is 5.26 Å². The largest absolute Gasteiger partial charge is 0.497 e. The summed E-state index contributed by atoms with van der Waals surface area (Å²) in [6.07, 6.45) is 3.41. The number of hydrogen-bond acceptors (Lipinski definition) is 7. The van der Waals surface area contributed by atoms with Crippen LogP contribution in [-0.2, 0) is 4.79 Å². The van der Waals surface area contributed by atoms with Gasteiger partial charge in [0.15, 0.2) is 11.5 Å². The molecule has 1 aliphatic heterocycles. The van der Waals surface area contributed by atoms with Crippen LogP contribution in [0.5, 0.6) is 28.9 Å². The molecule has 0 atom stereocenters. The van der Waals surface area contributed by atoms with Crippen molar-refractivity contribution in [2.24, 2.45) is 0 Å². The Kier molecular flexibility index (Phi) is 7.98. The van der Waals surface area contributed by atoms with Crippen LogP contribution < -0.4 is 24.3 Å². The van der Waals surface area contributed by atoms with Gasteiger partial charge in [-0.3, -0.25) is 4.79 Å². The molecule has 4 rings (SSSR count). The third kappa shape index (κ3) is 6.03. The second kappa shape index (κ2) is 11.2. The topological polar surface area (TPSA) is 103 Å². The van der Waals surface area contributed by atoms with Gasteiger partial charge in [0.05, 0.1) is 7.11 Å². The van der Waals surface area contributed by atoms with Gasteiger partial charge >= 0.3 is 0 Å². The number of pyridine rings is 1. The van der Waals surface area contributed by atoms with Crippen molar-refractivity contribution < 1.29 is 23.7 Å². The lowest BCUT2D eigenvalue weighted by Gasteiger charge is -2.16. The van der Waals surface area contributed by atoms with Gasteiger partial charge in [-0.05, 0) is 36.8 Å². The maximum Gasteiger partial charge on any atom is 0.272 e. The fraction of sp³-hybridized carbons (Fsp3) is 0.192. The molecule has 3 aromatic rings. The van der Waals surface area contributed by atoms with E-state index >= 15 is 0 Å². The van der Waals surface area contributed by atoms with Crippen molar-refractivity contribution in [2.45, 2.75) is 10.7 Å². The summed E-state index contributed by atoms with van der Waals surface area (Å²) in [5.74, 6) is 1.63. The first-order chi connectivity index (χ1) is 17.7. The van der Waals surface area contributed by atoms with Gasteiger partial charge in [-0.25, -0.2) is 4.98 Å². The number of amides is 1. The minimum atomic E-state index is -2.07. The Morgan fingerprint density at radius 2 is 1.86 bits per heavy atom. The summed E-state index contributed by atoms with van der Waals surface area (Å²) in [5, 5.41) is 12.7. The molecule has 37 heavy (non-hydrogen) atoms. The number of ether oxygens (including phenoxy) is 4. The minimum Gasteiger partial charge on any atom is -0.497 e. The van der Waals surface area contributed by atoms with E-state index in [-0.39, 0.29) is 24.8 Å². The van der Waals surface area contributed by atoms with Crippen LogP contribution in [0, 0.1) is 18.3 Å². The predicted octanol–water partition coefficient (Wildman–Crippen LogP) is 5.96. The Labute approximate surface area is 228 Å². The molecule has 0 spiro atoms. The monoisotopic (exact) mass is 559 g/mol. The molecule has 0 aliphatic carbocycles. The molecule has 1 amide bonds. The van der Waals surface area contributed by atoms with Crippen LogP contribution >= 0.6 is 34.8 Å².